The molecule has 2 aromatic rings. The second kappa shape index (κ2) is 2.70. The second-order valence-corrected chi connectivity index (χ2v) is 3.13. The first-order valence-corrected chi connectivity index (χ1v) is 4.09. The zero-order valence-electron chi connectivity index (χ0n) is 7.36. The van der Waals surface area contributed by atoms with Gasteiger partial charge in [-0.15, -0.1) is 0 Å². The third-order valence-electron chi connectivity index (χ3n) is 2.19. The molecule has 0 atom stereocenters. The van der Waals surface area contributed by atoms with Crippen molar-refractivity contribution in [1.82, 2.24) is 0 Å². The number of hydrogen-bond donors (Lipinski definition) is 4. The van der Waals surface area contributed by atoms with E-state index in [1.165, 1.54) is 12.1 Å². The summed E-state index contributed by atoms with van der Waals surface area (Å²) in [7, 11) is 0. The van der Waals surface area contributed by atoms with Gasteiger partial charge in [-0.3, -0.25) is 0 Å². The zero-order valence-corrected chi connectivity index (χ0v) is 7.36. The van der Waals surface area contributed by atoms with Crippen molar-refractivity contribution in [2.24, 2.45) is 0 Å². The average Bonchev–Trinajstić information content (AvgIpc) is 2.15. The average molecular weight is 190 g/mol. The monoisotopic (exact) mass is 190 g/mol. The van der Waals surface area contributed by atoms with E-state index in [9.17, 15) is 10.2 Å². The van der Waals surface area contributed by atoms with Gasteiger partial charge in [0.2, 0.25) is 0 Å². The smallest absolute Gasteiger partial charge is 0.139 e. The van der Waals surface area contributed by atoms with E-state index in [1.807, 2.05) is 0 Å². The molecule has 4 heteroatoms. The van der Waals surface area contributed by atoms with Gasteiger partial charge in [-0.1, -0.05) is 6.07 Å². The van der Waals surface area contributed by atoms with Gasteiger partial charge in [0, 0.05) is 5.39 Å². The molecule has 0 unspecified atom stereocenters. The highest BCUT2D eigenvalue weighted by Gasteiger charge is 2.06. The van der Waals surface area contributed by atoms with Crippen LogP contribution in [0, 0.1) is 0 Å². The number of phenolic OH excluding ortho intramolecular Hbond substituents is 2. The molecule has 14 heavy (non-hydrogen) atoms. The van der Waals surface area contributed by atoms with E-state index in [-0.39, 0.29) is 22.9 Å². The van der Waals surface area contributed by atoms with Crippen LogP contribution in [0.25, 0.3) is 10.8 Å². The molecule has 0 fully saturated rings. The van der Waals surface area contributed by atoms with Crippen molar-refractivity contribution in [2.45, 2.75) is 0 Å². The number of phenols is 2. The quantitative estimate of drug-likeness (QED) is 0.373. The molecule has 0 saturated carbocycles. The Morgan fingerprint density at radius 3 is 2.36 bits per heavy atom. The van der Waals surface area contributed by atoms with Gasteiger partial charge in [0.15, 0.2) is 0 Å². The van der Waals surface area contributed by atoms with E-state index in [2.05, 4.69) is 0 Å². The molecule has 0 aliphatic rings. The lowest BCUT2D eigenvalue weighted by Gasteiger charge is -2.06. The summed E-state index contributed by atoms with van der Waals surface area (Å²) in [4.78, 5) is 0. The molecule has 0 spiro atoms. The van der Waals surface area contributed by atoms with Gasteiger partial charge in [-0.25, -0.2) is 0 Å². The summed E-state index contributed by atoms with van der Waals surface area (Å²) < 4.78 is 0. The Balaban J connectivity index is 2.89. The van der Waals surface area contributed by atoms with Crippen molar-refractivity contribution in [3.05, 3.63) is 24.3 Å². The Morgan fingerprint density at radius 2 is 1.64 bits per heavy atom. The summed E-state index contributed by atoms with van der Waals surface area (Å²) in [6.07, 6.45) is 0. The third-order valence-corrected chi connectivity index (χ3v) is 2.19. The molecule has 0 aliphatic carbocycles. The Morgan fingerprint density at radius 1 is 0.929 bits per heavy atom. The number of anilines is 2. The minimum atomic E-state index is 0.0163. The molecule has 2 rings (SSSR count). The highest BCUT2D eigenvalue weighted by Crippen LogP contribution is 2.34. The summed E-state index contributed by atoms with van der Waals surface area (Å²) >= 11 is 0. The van der Waals surface area contributed by atoms with E-state index >= 15 is 0 Å². The van der Waals surface area contributed by atoms with Crippen molar-refractivity contribution < 1.29 is 10.2 Å². The van der Waals surface area contributed by atoms with Crippen LogP contribution in [0.1, 0.15) is 0 Å². The predicted molar refractivity (Wildman–Crippen MR) is 56.1 cm³/mol. The largest absolute Gasteiger partial charge is 0.506 e. The Labute approximate surface area is 80.4 Å². The van der Waals surface area contributed by atoms with Crippen LogP contribution in [-0.2, 0) is 0 Å². The number of nitrogens with two attached hydrogens (primary N) is 2. The highest BCUT2D eigenvalue weighted by molar-refractivity contribution is 5.98. The molecule has 6 N–H and O–H groups in total. The van der Waals surface area contributed by atoms with Crippen molar-refractivity contribution >= 4 is 22.1 Å². The summed E-state index contributed by atoms with van der Waals surface area (Å²) in [6.45, 7) is 0. The maximum atomic E-state index is 9.35. The summed E-state index contributed by atoms with van der Waals surface area (Å²) in [5.41, 5.74) is 11.7. The number of nitrogen functional groups attached to an aromatic ring is 2. The fourth-order valence-corrected chi connectivity index (χ4v) is 1.39. The Hall–Kier alpha value is -2.10. The van der Waals surface area contributed by atoms with Crippen LogP contribution in [0.5, 0.6) is 11.5 Å². The minimum Gasteiger partial charge on any atom is -0.506 e. The summed E-state index contributed by atoms with van der Waals surface area (Å²) in [5, 5.41) is 20.1. The van der Waals surface area contributed by atoms with Crippen LogP contribution < -0.4 is 11.5 Å². The molecular formula is C10H10N2O2. The lowest BCUT2D eigenvalue weighted by Crippen LogP contribution is -1.91. The maximum Gasteiger partial charge on any atom is 0.139 e. The molecule has 0 aromatic heterocycles. The van der Waals surface area contributed by atoms with E-state index in [4.69, 9.17) is 11.5 Å². The van der Waals surface area contributed by atoms with E-state index in [0.29, 0.717) is 5.39 Å². The number of rotatable bonds is 0. The molecule has 4 nitrogen and oxygen atoms in total. The maximum absolute atomic E-state index is 9.35. The molecule has 2 aromatic carbocycles. The van der Waals surface area contributed by atoms with E-state index in [0.717, 1.165) is 5.39 Å². The molecule has 0 bridgehead atoms. The van der Waals surface area contributed by atoms with Crippen LogP contribution in [0.15, 0.2) is 24.3 Å². The second-order valence-electron chi connectivity index (χ2n) is 3.13. The lowest BCUT2D eigenvalue weighted by molar-refractivity contribution is 0.477. The molecule has 0 heterocycles. The predicted octanol–water partition coefficient (Wildman–Crippen LogP) is 1.42. The van der Waals surface area contributed by atoms with Crippen molar-refractivity contribution in [3.8, 4) is 11.5 Å². The summed E-state index contributed by atoms with van der Waals surface area (Å²) in [5.74, 6) is 0.0326. The van der Waals surface area contributed by atoms with Gasteiger partial charge in [0.25, 0.3) is 0 Å². The minimum absolute atomic E-state index is 0.0163. The summed E-state index contributed by atoms with van der Waals surface area (Å²) in [6, 6.07) is 6.20. The first-order valence-electron chi connectivity index (χ1n) is 4.09. The molecule has 72 valence electrons. The topological polar surface area (TPSA) is 92.5 Å². The van der Waals surface area contributed by atoms with Crippen LogP contribution in [-0.4, -0.2) is 10.2 Å². The molecule has 0 aliphatic heterocycles. The third kappa shape index (κ3) is 1.08. The van der Waals surface area contributed by atoms with E-state index in [1.54, 1.807) is 12.1 Å². The van der Waals surface area contributed by atoms with Crippen molar-refractivity contribution in [1.29, 1.82) is 0 Å². The number of hydrogen-bond acceptors (Lipinski definition) is 4. The number of aromatic hydroxyl groups is 2. The van der Waals surface area contributed by atoms with Crippen LogP contribution in [0.4, 0.5) is 11.4 Å². The van der Waals surface area contributed by atoms with Crippen LogP contribution in [0.3, 0.4) is 0 Å². The normalized spacial score (nSPS) is 10.6. The molecule has 0 saturated heterocycles. The molecule has 0 radical (unpaired) electrons. The first kappa shape index (κ1) is 8.50. The van der Waals surface area contributed by atoms with Crippen LogP contribution >= 0.6 is 0 Å². The van der Waals surface area contributed by atoms with Crippen LogP contribution in [0.2, 0.25) is 0 Å². The first-order chi connectivity index (χ1) is 6.59. The van der Waals surface area contributed by atoms with Gasteiger partial charge in [-0.2, -0.15) is 0 Å². The Kier molecular flexibility index (Phi) is 1.64. The van der Waals surface area contributed by atoms with Crippen molar-refractivity contribution in [3.63, 3.8) is 0 Å². The lowest BCUT2D eigenvalue weighted by atomic mass is 10.1. The standard InChI is InChI=1S/C10H10N2O2/c11-7-4-6-5(3-9(7)14)1-2-8(13)10(6)12/h1-4,13-14H,11-12H2. The number of fused-ring (bicyclic) bond motifs is 1. The molecule has 0 amide bonds. The molecular weight excluding hydrogens is 180 g/mol. The van der Waals surface area contributed by atoms with Gasteiger partial charge < -0.3 is 21.7 Å². The Bertz CT molecular complexity index is 509. The van der Waals surface area contributed by atoms with Gasteiger partial charge in [0.05, 0.1) is 11.4 Å². The number of benzene rings is 2. The van der Waals surface area contributed by atoms with Gasteiger partial charge in [0.1, 0.15) is 11.5 Å². The van der Waals surface area contributed by atoms with Gasteiger partial charge in [-0.05, 0) is 23.6 Å². The zero-order chi connectivity index (χ0) is 10.3. The fourth-order valence-electron chi connectivity index (χ4n) is 1.39. The highest BCUT2D eigenvalue weighted by atomic mass is 16.3. The SMILES string of the molecule is Nc1cc2c(N)c(O)ccc2cc1O. The van der Waals surface area contributed by atoms with E-state index < -0.39 is 0 Å². The van der Waals surface area contributed by atoms with Crippen molar-refractivity contribution in [2.75, 3.05) is 11.5 Å². The fraction of sp³-hybridized carbons (Fsp3) is 0. The van der Waals surface area contributed by atoms with Gasteiger partial charge >= 0.3 is 0 Å².